The molecule has 0 aromatic carbocycles. The van der Waals surface area contributed by atoms with Gasteiger partial charge in [-0.15, -0.1) is 11.3 Å². The summed E-state index contributed by atoms with van der Waals surface area (Å²) in [6, 6.07) is 4.42. The van der Waals surface area contributed by atoms with E-state index >= 15 is 0 Å². The Kier molecular flexibility index (Phi) is 5.49. The molecule has 0 unspecified atom stereocenters. The van der Waals surface area contributed by atoms with Crippen molar-refractivity contribution in [3.63, 3.8) is 0 Å². The molecule has 0 aliphatic rings. The topological polar surface area (TPSA) is 53.1 Å². The maximum absolute atomic E-state index is 7.23. The van der Waals surface area contributed by atoms with E-state index in [1.807, 2.05) is 11.3 Å². The van der Waals surface area contributed by atoms with Crippen molar-refractivity contribution in [3.8, 4) is 0 Å². The fourth-order valence-corrected chi connectivity index (χ4v) is 2.55. The van der Waals surface area contributed by atoms with Crippen LogP contribution in [0.2, 0.25) is 0 Å². The zero-order chi connectivity index (χ0) is 12.0. The Balaban J connectivity index is 2.45. The first-order chi connectivity index (χ1) is 7.65. The number of hydrogen-bond donors (Lipinski definition) is 2. The van der Waals surface area contributed by atoms with E-state index in [0.29, 0.717) is 6.42 Å². The summed E-state index contributed by atoms with van der Waals surface area (Å²) >= 11 is 1.88. The van der Waals surface area contributed by atoms with Crippen molar-refractivity contribution >= 4 is 17.2 Å². The summed E-state index contributed by atoms with van der Waals surface area (Å²) in [4.78, 5) is 5.17. The van der Waals surface area contributed by atoms with E-state index in [0.717, 1.165) is 26.1 Å². The molecule has 0 saturated carbocycles. The van der Waals surface area contributed by atoms with Gasteiger partial charge in [0.05, 0.1) is 5.84 Å². The predicted molar refractivity (Wildman–Crippen MR) is 71.2 cm³/mol. The smallest absolute Gasteiger partial charge is 0.0918 e. The van der Waals surface area contributed by atoms with Crippen LogP contribution in [0.15, 0.2) is 12.1 Å². The second-order valence-electron chi connectivity index (χ2n) is 3.87. The molecule has 3 N–H and O–H groups in total. The molecule has 0 fully saturated rings. The van der Waals surface area contributed by atoms with Gasteiger partial charge in [0.25, 0.3) is 0 Å². The van der Waals surface area contributed by atoms with Crippen LogP contribution in [0.1, 0.15) is 30.0 Å². The molecule has 0 radical (unpaired) electrons. The number of nitrogens with zero attached hydrogens (tertiary/aromatic N) is 1. The van der Waals surface area contributed by atoms with Gasteiger partial charge in [0.15, 0.2) is 0 Å². The highest BCUT2D eigenvalue weighted by molar-refractivity contribution is 7.11. The third kappa shape index (κ3) is 4.33. The van der Waals surface area contributed by atoms with Gasteiger partial charge in [-0.1, -0.05) is 13.8 Å². The number of amidine groups is 1. The second kappa shape index (κ2) is 6.66. The highest BCUT2D eigenvalue weighted by atomic mass is 32.1. The van der Waals surface area contributed by atoms with Gasteiger partial charge in [-0.25, -0.2) is 0 Å². The van der Waals surface area contributed by atoms with Crippen molar-refractivity contribution in [1.29, 1.82) is 5.41 Å². The van der Waals surface area contributed by atoms with E-state index in [-0.39, 0.29) is 5.84 Å². The molecule has 1 aromatic rings. The summed E-state index contributed by atoms with van der Waals surface area (Å²) in [5.74, 6) is 0.277. The first kappa shape index (κ1) is 13.2. The van der Waals surface area contributed by atoms with Gasteiger partial charge in [-0.3, -0.25) is 10.3 Å². The molecule has 0 atom stereocenters. The molecule has 4 heteroatoms. The molecule has 1 aromatic heterocycles. The number of nitrogens with one attached hydrogen (secondary N) is 1. The average Bonchev–Trinajstić information content (AvgIpc) is 2.71. The Morgan fingerprint density at radius 2 is 2.06 bits per heavy atom. The van der Waals surface area contributed by atoms with Crippen LogP contribution in [-0.2, 0) is 13.0 Å². The van der Waals surface area contributed by atoms with E-state index in [2.05, 4.69) is 30.9 Å². The highest BCUT2D eigenvalue weighted by Gasteiger charge is 2.06. The van der Waals surface area contributed by atoms with Crippen molar-refractivity contribution < 1.29 is 0 Å². The van der Waals surface area contributed by atoms with Gasteiger partial charge >= 0.3 is 0 Å². The zero-order valence-corrected chi connectivity index (χ0v) is 10.9. The lowest BCUT2D eigenvalue weighted by molar-refractivity contribution is 0.290. The fourth-order valence-electron chi connectivity index (χ4n) is 1.55. The summed E-state index contributed by atoms with van der Waals surface area (Å²) < 4.78 is 0. The third-order valence-corrected chi connectivity index (χ3v) is 3.80. The minimum atomic E-state index is 0.277. The van der Waals surface area contributed by atoms with Crippen LogP contribution in [0.25, 0.3) is 0 Å². The summed E-state index contributed by atoms with van der Waals surface area (Å²) in [6.07, 6.45) is 1.78. The SMILES string of the molecule is CCc1ccc(CN(CC)CCC(=N)N)s1. The summed E-state index contributed by atoms with van der Waals surface area (Å²) in [5, 5.41) is 7.23. The van der Waals surface area contributed by atoms with Crippen LogP contribution in [0.3, 0.4) is 0 Å². The quantitative estimate of drug-likeness (QED) is 0.567. The van der Waals surface area contributed by atoms with E-state index < -0.39 is 0 Å². The lowest BCUT2D eigenvalue weighted by atomic mass is 10.3. The van der Waals surface area contributed by atoms with Crippen LogP contribution < -0.4 is 5.73 Å². The Bertz CT molecular complexity index is 333. The van der Waals surface area contributed by atoms with Crippen molar-refractivity contribution in [1.82, 2.24) is 4.90 Å². The Labute approximate surface area is 102 Å². The molecule has 0 bridgehead atoms. The molecular weight excluding hydrogens is 218 g/mol. The summed E-state index contributed by atoms with van der Waals surface area (Å²) in [7, 11) is 0. The Morgan fingerprint density at radius 1 is 1.38 bits per heavy atom. The van der Waals surface area contributed by atoms with Crippen LogP contribution in [0, 0.1) is 5.41 Å². The first-order valence-electron chi connectivity index (χ1n) is 5.78. The second-order valence-corrected chi connectivity index (χ2v) is 5.12. The lowest BCUT2D eigenvalue weighted by Crippen LogP contribution is -2.27. The fraction of sp³-hybridized carbons (Fsp3) is 0.583. The highest BCUT2D eigenvalue weighted by Crippen LogP contribution is 2.18. The molecular formula is C12H21N3S. The number of rotatable bonds is 7. The molecule has 0 spiro atoms. The van der Waals surface area contributed by atoms with E-state index in [4.69, 9.17) is 11.1 Å². The van der Waals surface area contributed by atoms with Crippen molar-refractivity contribution in [3.05, 3.63) is 21.9 Å². The van der Waals surface area contributed by atoms with E-state index in [1.54, 1.807) is 0 Å². The molecule has 0 amide bonds. The molecule has 90 valence electrons. The maximum atomic E-state index is 7.23. The third-order valence-electron chi connectivity index (χ3n) is 2.59. The van der Waals surface area contributed by atoms with Gasteiger partial charge in [0.2, 0.25) is 0 Å². The van der Waals surface area contributed by atoms with Crippen molar-refractivity contribution in [2.45, 2.75) is 33.2 Å². The average molecular weight is 239 g/mol. The number of nitrogens with two attached hydrogens (primary N) is 1. The Morgan fingerprint density at radius 3 is 2.56 bits per heavy atom. The molecule has 1 heterocycles. The van der Waals surface area contributed by atoms with Crippen LogP contribution in [0.5, 0.6) is 0 Å². The molecule has 0 aliphatic heterocycles. The molecule has 0 saturated heterocycles. The number of aryl methyl sites for hydroxylation is 1. The summed E-state index contributed by atoms with van der Waals surface area (Å²) in [5.41, 5.74) is 5.37. The van der Waals surface area contributed by atoms with Gasteiger partial charge in [0.1, 0.15) is 0 Å². The zero-order valence-electron chi connectivity index (χ0n) is 10.1. The minimum Gasteiger partial charge on any atom is -0.388 e. The first-order valence-corrected chi connectivity index (χ1v) is 6.60. The van der Waals surface area contributed by atoms with Gasteiger partial charge in [-0.05, 0) is 25.1 Å². The molecule has 1 rings (SSSR count). The van der Waals surface area contributed by atoms with Gasteiger partial charge in [-0.2, -0.15) is 0 Å². The largest absolute Gasteiger partial charge is 0.388 e. The van der Waals surface area contributed by atoms with Crippen molar-refractivity contribution in [2.75, 3.05) is 13.1 Å². The Hall–Kier alpha value is -0.870. The summed E-state index contributed by atoms with van der Waals surface area (Å²) in [6.45, 7) is 7.20. The molecule has 0 aliphatic carbocycles. The molecule has 16 heavy (non-hydrogen) atoms. The van der Waals surface area contributed by atoms with Gasteiger partial charge < -0.3 is 5.73 Å². The van der Waals surface area contributed by atoms with Crippen LogP contribution >= 0.6 is 11.3 Å². The van der Waals surface area contributed by atoms with Gasteiger partial charge in [0, 0.05) is 29.3 Å². The van der Waals surface area contributed by atoms with E-state index in [1.165, 1.54) is 9.75 Å². The van der Waals surface area contributed by atoms with E-state index in [9.17, 15) is 0 Å². The van der Waals surface area contributed by atoms with Crippen molar-refractivity contribution in [2.24, 2.45) is 5.73 Å². The number of hydrogen-bond acceptors (Lipinski definition) is 3. The monoisotopic (exact) mass is 239 g/mol. The standard InChI is InChI=1S/C12H21N3S/c1-3-10-5-6-11(16-10)9-15(4-2)8-7-12(13)14/h5-6H,3-4,7-9H2,1-2H3,(H3,13,14). The number of thiophene rings is 1. The predicted octanol–water partition coefficient (Wildman–Crippen LogP) is 2.46. The van der Waals surface area contributed by atoms with Crippen LogP contribution in [0.4, 0.5) is 0 Å². The normalized spacial score (nSPS) is 10.9. The maximum Gasteiger partial charge on any atom is 0.0918 e. The minimum absolute atomic E-state index is 0.277. The molecule has 3 nitrogen and oxygen atoms in total. The van der Waals surface area contributed by atoms with Crippen LogP contribution in [-0.4, -0.2) is 23.8 Å². The lowest BCUT2D eigenvalue weighted by Gasteiger charge is -2.18.